The van der Waals surface area contributed by atoms with Gasteiger partial charge in [-0.3, -0.25) is 4.79 Å². The van der Waals surface area contributed by atoms with Gasteiger partial charge in [-0.2, -0.15) is 0 Å². The van der Waals surface area contributed by atoms with Crippen LogP contribution in [0.4, 0.5) is 5.82 Å². The van der Waals surface area contributed by atoms with Crippen molar-refractivity contribution in [2.45, 2.75) is 0 Å². The molecule has 0 aliphatic carbocycles. The van der Waals surface area contributed by atoms with Gasteiger partial charge in [0.25, 0.3) is 5.91 Å². The van der Waals surface area contributed by atoms with E-state index in [0.717, 1.165) is 21.5 Å². The average Bonchev–Trinajstić information content (AvgIpc) is 2.76. The Morgan fingerprint density at radius 3 is 2.46 bits per heavy atom. The molecule has 1 fully saturated rings. The van der Waals surface area contributed by atoms with Crippen molar-refractivity contribution >= 4 is 39.3 Å². The van der Waals surface area contributed by atoms with Crippen LogP contribution in [0.15, 0.2) is 65.4 Å². The maximum absolute atomic E-state index is 12.8. The predicted molar refractivity (Wildman–Crippen MR) is 115 cm³/mol. The molecule has 2 aromatic carbocycles. The van der Waals surface area contributed by atoms with Crippen LogP contribution in [0.5, 0.6) is 0 Å². The van der Waals surface area contributed by atoms with Crippen molar-refractivity contribution < 1.29 is 4.79 Å². The standard InChI is InChI=1S/C21H18BrClN4O/c22-16-6-7-18(23)17(12-16)21(28)27-10-8-26(9-11-27)20-13-19(24-14-25-20)15-4-2-1-3-5-15/h1-7,12-14H,8-11H2. The van der Waals surface area contributed by atoms with Gasteiger partial charge in [0.2, 0.25) is 0 Å². The molecular formula is C21H18BrClN4O. The van der Waals surface area contributed by atoms with E-state index >= 15 is 0 Å². The van der Waals surface area contributed by atoms with Crippen molar-refractivity contribution in [1.29, 1.82) is 0 Å². The zero-order chi connectivity index (χ0) is 19.5. The first-order chi connectivity index (χ1) is 13.6. The van der Waals surface area contributed by atoms with E-state index in [2.05, 4.69) is 30.8 Å². The zero-order valence-corrected chi connectivity index (χ0v) is 17.4. The number of amides is 1. The molecule has 1 saturated heterocycles. The zero-order valence-electron chi connectivity index (χ0n) is 15.1. The lowest BCUT2D eigenvalue weighted by Gasteiger charge is -2.35. The molecule has 3 aromatic rings. The Morgan fingerprint density at radius 1 is 0.964 bits per heavy atom. The third-order valence-electron chi connectivity index (χ3n) is 4.77. The highest BCUT2D eigenvalue weighted by Crippen LogP contribution is 2.24. The topological polar surface area (TPSA) is 49.3 Å². The van der Waals surface area contributed by atoms with E-state index in [1.54, 1.807) is 18.5 Å². The fraction of sp³-hybridized carbons (Fsp3) is 0.190. The summed E-state index contributed by atoms with van der Waals surface area (Å²) in [5, 5.41) is 0.471. The Morgan fingerprint density at radius 2 is 1.71 bits per heavy atom. The van der Waals surface area contributed by atoms with Crippen molar-refractivity contribution in [3.05, 3.63) is 76.0 Å². The largest absolute Gasteiger partial charge is 0.353 e. The lowest BCUT2D eigenvalue weighted by molar-refractivity contribution is 0.0746. The second-order valence-electron chi connectivity index (χ2n) is 6.53. The van der Waals surface area contributed by atoms with Gasteiger partial charge >= 0.3 is 0 Å². The number of halogens is 2. The minimum atomic E-state index is -0.0430. The molecule has 0 bridgehead atoms. The second-order valence-corrected chi connectivity index (χ2v) is 7.85. The van der Waals surface area contributed by atoms with Gasteiger partial charge in [0.1, 0.15) is 12.1 Å². The number of nitrogens with zero attached hydrogens (tertiary/aromatic N) is 4. The van der Waals surface area contributed by atoms with Crippen molar-refractivity contribution in [1.82, 2.24) is 14.9 Å². The summed E-state index contributed by atoms with van der Waals surface area (Å²) < 4.78 is 0.841. The molecule has 5 nitrogen and oxygen atoms in total. The van der Waals surface area contributed by atoms with Crippen LogP contribution in [0.2, 0.25) is 5.02 Å². The summed E-state index contributed by atoms with van der Waals surface area (Å²) >= 11 is 9.62. The van der Waals surface area contributed by atoms with Crippen molar-refractivity contribution in [3.63, 3.8) is 0 Å². The molecule has 0 radical (unpaired) electrons. The number of hydrogen-bond acceptors (Lipinski definition) is 4. The number of carbonyl (C=O) groups excluding carboxylic acids is 1. The van der Waals surface area contributed by atoms with E-state index in [9.17, 15) is 4.79 Å². The maximum atomic E-state index is 12.8. The summed E-state index contributed by atoms with van der Waals surface area (Å²) in [6.45, 7) is 2.66. The van der Waals surface area contributed by atoms with Crippen LogP contribution in [0.3, 0.4) is 0 Å². The van der Waals surface area contributed by atoms with Crippen LogP contribution >= 0.6 is 27.5 Å². The Bertz CT molecular complexity index is 991. The molecule has 142 valence electrons. The van der Waals surface area contributed by atoms with Gasteiger partial charge in [-0.25, -0.2) is 9.97 Å². The van der Waals surface area contributed by atoms with Gasteiger partial charge in [0.15, 0.2) is 0 Å². The predicted octanol–water partition coefficient (Wildman–Crippen LogP) is 4.52. The van der Waals surface area contributed by atoms with Crippen LogP contribution in [0, 0.1) is 0 Å². The average molecular weight is 458 g/mol. The number of piperazine rings is 1. The monoisotopic (exact) mass is 456 g/mol. The van der Waals surface area contributed by atoms with E-state index in [1.165, 1.54) is 0 Å². The van der Waals surface area contributed by atoms with Gasteiger partial charge in [-0.1, -0.05) is 57.9 Å². The van der Waals surface area contributed by atoms with Crippen molar-refractivity contribution in [2.24, 2.45) is 0 Å². The molecule has 2 heterocycles. The minimum absolute atomic E-state index is 0.0430. The lowest BCUT2D eigenvalue weighted by atomic mass is 10.1. The van der Waals surface area contributed by atoms with Crippen LogP contribution < -0.4 is 4.90 Å². The van der Waals surface area contributed by atoms with Gasteiger partial charge in [-0.05, 0) is 18.2 Å². The molecule has 0 N–H and O–H groups in total. The number of carbonyl (C=O) groups is 1. The van der Waals surface area contributed by atoms with Crippen LogP contribution in [-0.2, 0) is 0 Å². The molecule has 1 aliphatic rings. The van der Waals surface area contributed by atoms with E-state index in [4.69, 9.17) is 11.6 Å². The number of anilines is 1. The van der Waals surface area contributed by atoms with E-state index in [0.29, 0.717) is 36.8 Å². The smallest absolute Gasteiger partial charge is 0.255 e. The fourth-order valence-electron chi connectivity index (χ4n) is 3.26. The maximum Gasteiger partial charge on any atom is 0.255 e. The molecule has 1 aromatic heterocycles. The molecule has 1 amide bonds. The van der Waals surface area contributed by atoms with Gasteiger partial charge in [0, 0.05) is 42.3 Å². The molecule has 0 saturated carbocycles. The number of aromatic nitrogens is 2. The van der Waals surface area contributed by atoms with Gasteiger partial charge < -0.3 is 9.80 Å². The summed E-state index contributed by atoms with van der Waals surface area (Å²) in [5.74, 6) is 0.833. The highest BCUT2D eigenvalue weighted by atomic mass is 79.9. The van der Waals surface area contributed by atoms with Crippen molar-refractivity contribution in [3.8, 4) is 11.3 Å². The first kappa shape index (κ1) is 18.9. The molecule has 28 heavy (non-hydrogen) atoms. The molecule has 0 atom stereocenters. The number of rotatable bonds is 3. The molecular weight excluding hydrogens is 440 g/mol. The Balaban J connectivity index is 1.46. The third kappa shape index (κ3) is 4.03. The van der Waals surface area contributed by atoms with Gasteiger partial charge in [-0.15, -0.1) is 0 Å². The van der Waals surface area contributed by atoms with Crippen LogP contribution in [0.1, 0.15) is 10.4 Å². The molecule has 0 unspecified atom stereocenters. The normalized spacial score (nSPS) is 14.2. The lowest BCUT2D eigenvalue weighted by Crippen LogP contribution is -2.49. The van der Waals surface area contributed by atoms with E-state index in [1.807, 2.05) is 47.4 Å². The molecule has 0 spiro atoms. The van der Waals surface area contributed by atoms with E-state index in [-0.39, 0.29) is 5.91 Å². The summed E-state index contributed by atoms with van der Waals surface area (Å²) in [6.07, 6.45) is 1.59. The number of benzene rings is 2. The summed E-state index contributed by atoms with van der Waals surface area (Å²) in [6, 6.07) is 17.4. The highest BCUT2D eigenvalue weighted by Gasteiger charge is 2.24. The summed E-state index contributed by atoms with van der Waals surface area (Å²) in [7, 11) is 0. The highest BCUT2D eigenvalue weighted by molar-refractivity contribution is 9.10. The third-order valence-corrected chi connectivity index (χ3v) is 5.59. The van der Waals surface area contributed by atoms with Gasteiger partial charge in [0.05, 0.1) is 16.3 Å². The summed E-state index contributed by atoms with van der Waals surface area (Å²) in [5.41, 5.74) is 2.48. The Labute approximate surface area is 177 Å². The summed E-state index contributed by atoms with van der Waals surface area (Å²) in [4.78, 5) is 25.7. The first-order valence-electron chi connectivity index (χ1n) is 8.98. The molecule has 7 heteroatoms. The molecule has 1 aliphatic heterocycles. The van der Waals surface area contributed by atoms with Crippen LogP contribution in [0.25, 0.3) is 11.3 Å². The second kappa shape index (κ2) is 8.29. The first-order valence-corrected chi connectivity index (χ1v) is 10.2. The quantitative estimate of drug-likeness (QED) is 0.580. The fourth-order valence-corrected chi connectivity index (χ4v) is 3.82. The van der Waals surface area contributed by atoms with E-state index < -0.39 is 0 Å². The van der Waals surface area contributed by atoms with Crippen molar-refractivity contribution in [2.75, 3.05) is 31.1 Å². The SMILES string of the molecule is O=C(c1cc(Br)ccc1Cl)N1CCN(c2cc(-c3ccccc3)ncn2)CC1. The Kier molecular flexibility index (Phi) is 5.59. The Hall–Kier alpha value is -2.44. The number of hydrogen-bond donors (Lipinski definition) is 0. The van der Waals surface area contributed by atoms with Crippen LogP contribution in [-0.4, -0.2) is 47.0 Å². The minimum Gasteiger partial charge on any atom is -0.353 e. The molecule has 4 rings (SSSR count).